The Morgan fingerprint density at radius 1 is 1.30 bits per heavy atom. The first-order valence-corrected chi connectivity index (χ1v) is 9.47. The van der Waals surface area contributed by atoms with Gasteiger partial charge >= 0.3 is 0 Å². The Hall–Kier alpha value is -1.47. The molecule has 1 N–H and O–H groups in total. The van der Waals surface area contributed by atoms with Crippen molar-refractivity contribution in [3.63, 3.8) is 0 Å². The summed E-state index contributed by atoms with van der Waals surface area (Å²) in [5.74, 6) is -0.506. The van der Waals surface area contributed by atoms with E-state index in [1.165, 1.54) is 12.1 Å². The third-order valence-corrected chi connectivity index (χ3v) is 5.65. The van der Waals surface area contributed by atoms with Crippen molar-refractivity contribution in [2.75, 3.05) is 13.1 Å². The largest absolute Gasteiger partial charge is 0.340 e. The lowest BCUT2D eigenvalue weighted by Crippen LogP contribution is -2.44. The van der Waals surface area contributed by atoms with E-state index in [1.54, 1.807) is 0 Å². The Morgan fingerprint density at radius 2 is 2.00 bits per heavy atom. The molecule has 5 nitrogen and oxygen atoms in total. The molecule has 2 rings (SSSR count). The first-order valence-electron chi connectivity index (χ1n) is 7.98. The van der Waals surface area contributed by atoms with E-state index in [-0.39, 0.29) is 29.8 Å². The predicted molar refractivity (Wildman–Crippen MR) is 85.8 cm³/mol. The fraction of sp³-hybridized carbons (Fsp3) is 0.562. The van der Waals surface area contributed by atoms with Gasteiger partial charge in [-0.05, 0) is 49.9 Å². The highest BCUT2D eigenvalue weighted by molar-refractivity contribution is 7.89. The van der Waals surface area contributed by atoms with Crippen LogP contribution in [0, 0.1) is 5.82 Å². The lowest BCUT2D eigenvalue weighted by molar-refractivity contribution is -0.134. The van der Waals surface area contributed by atoms with E-state index >= 15 is 0 Å². The molecule has 0 aromatic heterocycles. The van der Waals surface area contributed by atoms with E-state index in [0.717, 1.165) is 44.4 Å². The van der Waals surface area contributed by atoms with Gasteiger partial charge in [-0.3, -0.25) is 4.79 Å². The Morgan fingerprint density at radius 3 is 2.65 bits per heavy atom. The molecule has 1 amide bonds. The molecule has 0 radical (unpaired) electrons. The van der Waals surface area contributed by atoms with Crippen LogP contribution in [0.25, 0.3) is 0 Å². The van der Waals surface area contributed by atoms with E-state index in [4.69, 9.17) is 0 Å². The number of benzene rings is 1. The number of hydrogen-bond donors (Lipinski definition) is 1. The Balaban J connectivity index is 1.88. The van der Waals surface area contributed by atoms with Gasteiger partial charge in [-0.2, -0.15) is 0 Å². The van der Waals surface area contributed by atoms with Crippen LogP contribution in [0.4, 0.5) is 4.39 Å². The molecule has 0 bridgehead atoms. The van der Waals surface area contributed by atoms with Crippen LogP contribution in [0.2, 0.25) is 0 Å². The first kappa shape index (κ1) is 17.9. The Bertz CT molecular complexity index is 631. The summed E-state index contributed by atoms with van der Waals surface area (Å²) in [6, 6.07) is 4.87. The van der Waals surface area contributed by atoms with Crippen molar-refractivity contribution in [3.8, 4) is 0 Å². The molecule has 23 heavy (non-hydrogen) atoms. The first-order chi connectivity index (χ1) is 10.9. The van der Waals surface area contributed by atoms with Crippen LogP contribution >= 0.6 is 0 Å². The predicted octanol–water partition coefficient (Wildman–Crippen LogP) is 2.29. The number of nitrogens with one attached hydrogen (secondary N) is 1. The van der Waals surface area contributed by atoms with Crippen molar-refractivity contribution in [2.45, 2.75) is 50.0 Å². The molecule has 1 aromatic rings. The summed E-state index contributed by atoms with van der Waals surface area (Å²) in [4.78, 5) is 14.1. The number of likely N-dealkylation sites (tertiary alicyclic amines) is 1. The highest BCUT2D eigenvalue weighted by Crippen LogP contribution is 2.20. The van der Waals surface area contributed by atoms with E-state index in [9.17, 15) is 17.6 Å². The molecule has 0 saturated carbocycles. The highest BCUT2D eigenvalue weighted by Gasteiger charge is 2.25. The van der Waals surface area contributed by atoms with Crippen molar-refractivity contribution in [2.24, 2.45) is 0 Å². The van der Waals surface area contributed by atoms with Crippen molar-refractivity contribution in [3.05, 3.63) is 30.1 Å². The minimum absolute atomic E-state index is 0.00393. The van der Waals surface area contributed by atoms with Crippen LogP contribution in [-0.4, -0.2) is 38.4 Å². The van der Waals surface area contributed by atoms with Gasteiger partial charge in [0.25, 0.3) is 0 Å². The Kier molecular flexibility index (Phi) is 6.12. The second-order valence-corrected chi connectivity index (χ2v) is 7.51. The molecule has 1 unspecified atom stereocenters. The minimum atomic E-state index is -3.71. The van der Waals surface area contributed by atoms with Crippen LogP contribution in [0.3, 0.4) is 0 Å². The van der Waals surface area contributed by atoms with Crippen LogP contribution < -0.4 is 4.72 Å². The average Bonchev–Trinajstić information content (AvgIpc) is 2.55. The average molecular weight is 342 g/mol. The van der Waals surface area contributed by atoms with Gasteiger partial charge in [-0.15, -0.1) is 0 Å². The number of sulfonamides is 1. The van der Waals surface area contributed by atoms with Crippen molar-refractivity contribution in [1.29, 1.82) is 0 Å². The van der Waals surface area contributed by atoms with Crippen molar-refractivity contribution in [1.82, 2.24) is 9.62 Å². The molecule has 1 heterocycles. The number of carbonyl (C=O) groups excluding carboxylic acids is 1. The van der Waals surface area contributed by atoms with E-state index < -0.39 is 15.8 Å². The fourth-order valence-electron chi connectivity index (χ4n) is 2.89. The molecule has 0 spiro atoms. The number of amides is 1. The molecular weight excluding hydrogens is 319 g/mol. The van der Waals surface area contributed by atoms with Crippen molar-refractivity contribution >= 4 is 15.9 Å². The molecule has 1 aliphatic heterocycles. The molecule has 1 saturated heterocycles. The lowest BCUT2D eigenvalue weighted by Gasteiger charge is -2.35. The number of halogens is 1. The van der Waals surface area contributed by atoms with E-state index in [0.29, 0.717) is 0 Å². The summed E-state index contributed by atoms with van der Waals surface area (Å²) < 4.78 is 39.4. The van der Waals surface area contributed by atoms with Gasteiger partial charge in [-0.1, -0.05) is 6.92 Å². The number of rotatable bonds is 6. The van der Waals surface area contributed by atoms with Gasteiger partial charge in [-0.25, -0.2) is 17.5 Å². The summed E-state index contributed by atoms with van der Waals surface area (Å²) >= 11 is 0. The van der Waals surface area contributed by atoms with Crippen molar-refractivity contribution < 1.29 is 17.6 Å². The smallest absolute Gasteiger partial charge is 0.240 e. The molecule has 1 aromatic carbocycles. The second kappa shape index (κ2) is 7.88. The minimum Gasteiger partial charge on any atom is -0.340 e. The summed E-state index contributed by atoms with van der Waals surface area (Å²) in [6.07, 6.45) is 4.22. The molecule has 1 atom stereocenters. The maximum Gasteiger partial charge on any atom is 0.240 e. The summed E-state index contributed by atoms with van der Waals surface area (Å²) in [5.41, 5.74) is 0. The zero-order valence-electron chi connectivity index (χ0n) is 13.3. The maximum absolute atomic E-state index is 12.8. The molecule has 7 heteroatoms. The van der Waals surface area contributed by atoms with E-state index in [2.05, 4.69) is 11.6 Å². The SMILES string of the molecule is CCC1CCCCN1C(=O)CCNS(=O)(=O)c1ccc(F)cc1. The zero-order valence-corrected chi connectivity index (χ0v) is 14.1. The maximum atomic E-state index is 12.8. The number of carbonyl (C=O) groups is 1. The molecule has 0 aliphatic carbocycles. The monoisotopic (exact) mass is 342 g/mol. The standard InChI is InChI=1S/C16H23FN2O3S/c1-2-14-5-3-4-12-19(14)16(20)10-11-18-23(21,22)15-8-6-13(17)7-9-15/h6-9,14,18H,2-5,10-12H2,1H3. The van der Waals surface area contributed by atoms with Crippen LogP contribution in [0.1, 0.15) is 39.0 Å². The third kappa shape index (κ3) is 4.75. The Labute approximate surface area is 136 Å². The molecule has 1 fully saturated rings. The molecule has 1 aliphatic rings. The molecular formula is C16H23FN2O3S. The normalized spacial score (nSPS) is 18.9. The zero-order chi connectivity index (χ0) is 16.9. The van der Waals surface area contributed by atoms with Gasteiger partial charge in [0, 0.05) is 25.6 Å². The van der Waals surface area contributed by atoms with Gasteiger partial charge < -0.3 is 4.90 Å². The second-order valence-electron chi connectivity index (χ2n) is 5.75. The van der Waals surface area contributed by atoms with Crippen LogP contribution in [-0.2, 0) is 14.8 Å². The van der Waals surface area contributed by atoms with E-state index in [1.807, 2.05) is 4.90 Å². The fourth-order valence-corrected chi connectivity index (χ4v) is 3.92. The van der Waals surface area contributed by atoms with Gasteiger partial charge in [0.15, 0.2) is 0 Å². The third-order valence-electron chi connectivity index (χ3n) is 4.17. The molecule has 128 valence electrons. The van der Waals surface area contributed by atoms with Crippen LogP contribution in [0.5, 0.6) is 0 Å². The number of hydrogen-bond acceptors (Lipinski definition) is 3. The topological polar surface area (TPSA) is 66.5 Å². The summed E-state index contributed by atoms with van der Waals surface area (Å²) in [7, 11) is -3.71. The number of piperidine rings is 1. The lowest BCUT2D eigenvalue weighted by atomic mass is 9.99. The quantitative estimate of drug-likeness (QED) is 0.862. The highest BCUT2D eigenvalue weighted by atomic mass is 32.2. The van der Waals surface area contributed by atoms with Gasteiger partial charge in [0.2, 0.25) is 15.9 Å². The number of nitrogens with zero attached hydrogens (tertiary/aromatic N) is 1. The van der Waals surface area contributed by atoms with Gasteiger partial charge in [0.05, 0.1) is 4.90 Å². The van der Waals surface area contributed by atoms with Crippen LogP contribution in [0.15, 0.2) is 29.2 Å². The summed E-state index contributed by atoms with van der Waals surface area (Å²) in [6.45, 7) is 2.86. The summed E-state index contributed by atoms with van der Waals surface area (Å²) in [5, 5.41) is 0. The van der Waals surface area contributed by atoms with Gasteiger partial charge in [0.1, 0.15) is 5.82 Å².